The Morgan fingerprint density at radius 2 is 2.32 bits per heavy atom. The van der Waals surface area contributed by atoms with Gasteiger partial charge in [0.25, 0.3) is 5.91 Å². The van der Waals surface area contributed by atoms with Gasteiger partial charge in [0.2, 0.25) is 5.91 Å². The third-order valence-corrected chi connectivity index (χ3v) is 3.55. The highest BCUT2D eigenvalue weighted by molar-refractivity contribution is 7.98. The molecular weight excluding hydrogens is 264 g/mol. The first-order valence-corrected chi connectivity index (χ1v) is 7.73. The topological polar surface area (TPSA) is 71.3 Å². The van der Waals surface area contributed by atoms with Crippen LogP contribution in [0.3, 0.4) is 0 Å². The van der Waals surface area contributed by atoms with Crippen LogP contribution in [0.15, 0.2) is 22.8 Å². The van der Waals surface area contributed by atoms with Gasteiger partial charge in [-0.05, 0) is 43.4 Å². The van der Waals surface area contributed by atoms with E-state index in [0.717, 1.165) is 18.6 Å². The number of nitrogens with one attached hydrogen (secondary N) is 2. The van der Waals surface area contributed by atoms with E-state index < -0.39 is 6.04 Å². The third kappa shape index (κ3) is 4.31. The van der Waals surface area contributed by atoms with E-state index in [9.17, 15) is 9.59 Å². The molecule has 0 aromatic carbocycles. The molecule has 5 nitrogen and oxygen atoms in total. The van der Waals surface area contributed by atoms with Crippen molar-refractivity contribution >= 4 is 23.6 Å². The largest absolute Gasteiger partial charge is 0.459 e. The summed E-state index contributed by atoms with van der Waals surface area (Å²) in [6, 6.07) is 3.03. The molecule has 0 aliphatic heterocycles. The van der Waals surface area contributed by atoms with E-state index in [4.69, 9.17) is 4.42 Å². The lowest BCUT2D eigenvalue weighted by Crippen LogP contribution is -2.47. The molecule has 0 bridgehead atoms. The first-order valence-electron chi connectivity index (χ1n) is 6.34. The van der Waals surface area contributed by atoms with Crippen LogP contribution in [-0.4, -0.2) is 35.9 Å². The van der Waals surface area contributed by atoms with E-state index in [-0.39, 0.29) is 17.6 Å². The molecule has 0 spiro atoms. The highest BCUT2D eigenvalue weighted by Crippen LogP contribution is 2.19. The number of thioether (sulfide) groups is 1. The standard InChI is InChI=1S/C13H18N2O3S/c1-19-8-6-10(12(16)14-9-4-5-9)15-13(17)11-3-2-7-18-11/h2-3,7,9-10H,4-6,8H2,1H3,(H,14,16)(H,15,17)/t10-/m1/s1. The van der Waals surface area contributed by atoms with Gasteiger partial charge in [0.05, 0.1) is 6.26 Å². The quantitative estimate of drug-likeness (QED) is 0.793. The summed E-state index contributed by atoms with van der Waals surface area (Å²) < 4.78 is 5.02. The van der Waals surface area contributed by atoms with Crippen LogP contribution in [0.2, 0.25) is 0 Å². The minimum atomic E-state index is -0.495. The van der Waals surface area contributed by atoms with Crippen molar-refractivity contribution in [3.05, 3.63) is 24.2 Å². The molecule has 0 unspecified atom stereocenters. The van der Waals surface area contributed by atoms with E-state index in [0.29, 0.717) is 12.5 Å². The third-order valence-electron chi connectivity index (χ3n) is 2.90. The van der Waals surface area contributed by atoms with Gasteiger partial charge in [-0.15, -0.1) is 0 Å². The molecule has 1 aromatic rings. The van der Waals surface area contributed by atoms with E-state index >= 15 is 0 Å². The molecule has 1 aliphatic rings. The molecule has 0 radical (unpaired) electrons. The van der Waals surface area contributed by atoms with Crippen molar-refractivity contribution < 1.29 is 14.0 Å². The van der Waals surface area contributed by atoms with Gasteiger partial charge in [-0.3, -0.25) is 9.59 Å². The molecule has 2 N–H and O–H groups in total. The lowest BCUT2D eigenvalue weighted by atomic mass is 10.2. The Morgan fingerprint density at radius 1 is 1.53 bits per heavy atom. The van der Waals surface area contributed by atoms with Gasteiger partial charge in [0.1, 0.15) is 6.04 Å². The molecule has 1 fully saturated rings. The Kier molecular flexibility index (Phi) is 4.90. The summed E-state index contributed by atoms with van der Waals surface area (Å²) >= 11 is 1.65. The van der Waals surface area contributed by atoms with Crippen molar-refractivity contribution in [2.45, 2.75) is 31.3 Å². The monoisotopic (exact) mass is 282 g/mol. The lowest BCUT2D eigenvalue weighted by molar-refractivity contribution is -0.123. The van der Waals surface area contributed by atoms with Crippen LogP contribution < -0.4 is 10.6 Å². The Labute approximate surface area is 116 Å². The zero-order valence-electron chi connectivity index (χ0n) is 10.8. The summed E-state index contributed by atoms with van der Waals surface area (Å²) in [7, 11) is 0. The van der Waals surface area contributed by atoms with E-state index in [1.807, 2.05) is 6.26 Å². The number of carbonyl (C=O) groups is 2. The number of carbonyl (C=O) groups excluding carboxylic acids is 2. The number of furan rings is 1. The highest BCUT2D eigenvalue weighted by Gasteiger charge is 2.28. The van der Waals surface area contributed by atoms with E-state index in [1.165, 1.54) is 6.26 Å². The van der Waals surface area contributed by atoms with Gasteiger partial charge in [0.15, 0.2) is 5.76 Å². The predicted octanol–water partition coefficient (Wildman–Crippen LogP) is 1.41. The first kappa shape index (κ1) is 14.0. The van der Waals surface area contributed by atoms with Crippen molar-refractivity contribution in [2.75, 3.05) is 12.0 Å². The van der Waals surface area contributed by atoms with Crippen LogP contribution in [-0.2, 0) is 4.79 Å². The first-order chi connectivity index (χ1) is 9.20. The van der Waals surface area contributed by atoms with E-state index in [2.05, 4.69) is 10.6 Å². The summed E-state index contributed by atoms with van der Waals surface area (Å²) in [5.41, 5.74) is 0. The molecule has 0 saturated heterocycles. The molecule has 6 heteroatoms. The van der Waals surface area contributed by atoms with E-state index in [1.54, 1.807) is 23.9 Å². The number of rotatable bonds is 7. The van der Waals surface area contributed by atoms with Gasteiger partial charge < -0.3 is 15.1 Å². The molecule has 104 valence electrons. The van der Waals surface area contributed by atoms with Gasteiger partial charge in [-0.2, -0.15) is 11.8 Å². The lowest BCUT2D eigenvalue weighted by Gasteiger charge is -2.17. The summed E-state index contributed by atoms with van der Waals surface area (Å²) in [4.78, 5) is 23.9. The maximum atomic E-state index is 12.0. The summed E-state index contributed by atoms with van der Waals surface area (Å²) in [6.07, 6.45) is 6.10. The van der Waals surface area contributed by atoms with Crippen molar-refractivity contribution in [2.24, 2.45) is 0 Å². The molecular formula is C13H18N2O3S. The SMILES string of the molecule is CSCC[C@@H](NC(=O)c1ccco1)C(=O)NC1CC1. The van der Waals surface area contributed by atoms with Crippen LogP contribution in [0.5, 0.6) is 0 Å². The van der Waals surface area contributed by atoms with Crippen LogP contribution in [0.1, 0.15) is 29.8 Å². The average molecular weight is 282 g/mol. The van der Waals surface area contributed by atoms with Gasteiger partial charge in [-0.1, -0.05) is 0 Å². The Hall–Kier alpha value is -1.43. The van der Waals surface area contributed by atoms with Crippen LogP contribution in [0.25, 0.3) is 0 Å². The smallest absolute Gasteiger partial charge is 0.287 e. The Bertz CT molecular complexity index is 429. The fourth-order valence-electron chi connectivity index (χ4n) is 1.67. The van der Waals surface area contributed by atoms with Crippen LogP contribution in [0.4, 0.5) is 0 Å². The zero-order chi connectivity index (χ0) is 13.7. The fourth-order valence-corrected chi connectivity index (χ4v) is 2.14. The molecule has 1 heterocycles. The summed E-state index contributed by atoms with van der Waals surface area (Å²) in [5, 5.41) is 5.65. The molecule has 1 saturated carbocycles. The van der Waals surface area contributed by atoms with Gasteiger partial charge in [-0.25, -0.2) is 0 Å². The van der Waals surface area contributed by atoms with Crippen molar-refractivity contribution in [1.29, 1.82) is 0 Å². The molecule has 2 amide bonds. The minimum absolute atomic E-state index is 0.101. The molecule has 19 heavy (non-hydrogen) atoms. The normalized spacial score (nSPS) is 15.8. The molecule has 1 atom stereocenters. The fraction of sp³-hybridized carbons (Fsp3) is 0.538. The maximum Gasteiger partial charge on any atom is 0.287 e. The Balaban J connectivity index is 1.91. The average Bonchev–Trinajstić information content (AvgIpc) is 3.04. The molecule has 1 aliphatic carbocycles. The second-order valence-electron chi connectivity index (χ2n) is 4.57. The molecule has 1 aromatic heterocycles. The number of amides is 2. The van der Waals surface area contributed by atoms with Gasteiger partial charge >= 0.3 is 0 Å². The maximum absolute atomic E-state index is 12.0. The van der Waals surface area contributed by atoms with Crippen molar-refractivity contribution in [1.82, 2.24) is 10.6 Å². The number of hydrogen-bond acceptors (Lipinski definition) is 4. The van der Waals surface area contributed by atoms with Crippen molar-refractivity contribution in [3.8, 4) is 0 Å². The second-order valence-corrected chi connectivity index (χ2v) is 5.55. The van der Waals surface area contributed by atoms with Crippen LogP contribution >= 0.6 is 11.8 Å². The highest BCUT2D eigenvalue weighted by atomic mass is 32.2. The molecule has 2 rings (SSSR count). The second kappa shape index (κ2) is 6.65. The minimum Gasteiger partial charge on any atom is -0.459 e. The predicted molar refractivity (Wildman–Crippen MR) is 74.1 cm³/mol. The summed E-state index contributed by atoms with van der Waals surface area (Å²) in [5.74, 6) is 0.605. The van der Waals surface area contributed by atoms with Crippen LogP contribution in [0, 0.1) is 0 Å². The number of hydrogen-bond donors (Lipinski definition) is 2. The van der Waals surface area contributed by atoms with Crippen molar-refractivity contribution in [3.63, 3.8) is 0 Å². The van der Waals surface area contributed by atoms with Gasteiger partial charge in [0, 0.05) is 6.04 Å². The Morgan fingerprint density at radius 3 is 2.89 bits per heavy atom. The summed E-state index contributed by atoms with van der Waals surface area (Å²) in [6.45, 7) is 0. The zero-order valence-corrected chi connectivity index (χ0v) is 11.7.